The van der Waals surface area contributed by atoms with Crippen LogP contribution in [0.2, 0.25) is 0 Å². The SMILES string of the molecule is O[C@@H](C1CC1)C(F)(F)F. The summed E-state index contributed by atoms with van der Waals surface area (Å²) in [6.45, 7) is 0. The van der Waals surface area contributed by atoms with E-state index in [1.807, 2.05) is 0 Å². The van der Waals surface area contributed by atoms with Gasteiger partial charge in [0.1, 0.15) is 0 Å². The predicted molar refractivity (Wildman–Crippen MR) is 24.8 cm³/mol. The fourth-order valence-electron chi connectivity index (χ4n) is 0.679. The van der Waals surface area contributed by atoms with Gasteiger partial charge in [-0.15, -0.1) is 0 Å². The summed E-state index contributed by atoms with van der Waals surface area (Å²) in [4.78, 5) is 0. The minimum Gasteiger partial charge on any atom is -0.383 e. The minimum atomic E-state index is -4.40. The largest absolute Gasteiger partial charge is 0.414 e. The van der Waals surface area contributed by atoms with Crippen molar-refractivity contribution in [2.45, 2.75) is 25.1 Å². The van der Waals surface area contributed by atoms with Gasteiger partial charge in [0.05, 0.1) is 0 Å². The third-order valence-electron chi connectivity index (χ3n) is 1.40. The first kappa shape index (κ1) is 6.86. The van der Waals surface area contributed by atoms with Crippen molar-refractivity contribution in [2.75, 3.05) is 0 Å². The fraction of sp³-hybridized carbons (Fsp3) is 1.00. The summed E-state index contributed by atoms with van der Waals surface area (Å²) in [6, 6.07) is 0. The standard InChI is InChI=1S/C5H7F3O/c6-5(7,8)4(9)3-1-2-3/h3-4,9H,1-2H2/t4-/m0/s1. The Hall–Kier alpha value is -0.250. The molecule has 1 aliphatic carbocycles. The molecule has 1 saturated carbocycles. The molecule has 0 heterocycles. The monoisotopic (exact) mass is 140 g/mol. The molecule has 9 heavy (non-hydrogen) atoms. The molecule has 0 saturated heterocycles. The van der Waals surface area contributed by atoms with Crippen molar-refractivity contribution >= 4 is 0 Å². The Morgan fingerprint density at radius 3 is 1.89 bits per heavy atom. The Kier molecular flexibility index (Phi) is 1.42. The molecule has 54 valence electrons. The maximum atomic E-state index is 11.5. The fourth-order valence-corrected chi connectivity index (χ4v) is 0.679. The van der Waals surface area contributed by atoms with Gasteiger partial charge in [0.2, 0.25) is 0 Å². The molecular formula is C5H7F3O. The second kappa shape index (κ2) is 1.87. The number of aliphatic hydroxyl groups excluding tert-OH is 1. The maximum Gasteiger partial charge on any atom is 0.414 e. The average Bonchev–Trinajstić information content (AvgIpc) is 2.40. The van der Waals surface area contributed by atoms with Crippen molar-refractivity contribution in [3.05, 3.63) is 0 Å². The molecule has 0 radical (unpaired) electrons. The van der Waals surface area contributed by atoms with Gasteiger partial charge in [0, 0.05) is 0 Å². The van der Waals surface area contributed by atoms with Crippen LogP contribution in [0.1, 0.15) is 12.8 Å². The lowest BCUT2D eigenvalue weighted by atomic mass is 10.2. The Morgan fingerprint density at radius 1 is 1.33 bits per heavy atom. The number of halogens is 3. The van der Waals surface area contributed by atoms with Gasteiger partial charge < -0.3 is 5.11 Å². The zero-order valence-corrected chi connectivity index (χ0v) is 4.65. The topological polar surface area (TPSA) is 20.2 Å². The highest BCUT2D eigenvalue weighted by molar-refractivity contribution is 4.84. The third-order valence-corrected chi connectivity index (χ3v) is 1.40. The summed E-state index contributed by atoms with van der Waals surface area (Å²) in [5.41, 5.74) is 0. The van der Waals surface area contributed by atoms with Crippen LogP contribution < -0.4 is 0 Å². The molecule has 0 amide bonds. The molecular weight excluding hydrogens is 133 g/mol. The van der Waals surface area contributed by atoms with Crippen molar-refractivity contribution < 1.29 is 18.3 Å². The van der Waals surface area contributed by atoms with Crippen molar-refractivity contribution in [1.29, 1.82) is 0 Å². The molecule has 0 aromatic heterocycles. The molecule has 1 fully saturated rings. The third kappa shape index (κ3) is 1.58. The summed E-state index contributed by atoms with van der Waals surface area (Å²) in [5, 5.41) is 8.40. The van der Waals surface area contributed by atoms with Gasteiger partial charge in [-0.2, -0.15) is 13.2 Å². The van der Waals surface area contributed by atoms with Crippen molar-refractivity contribution in [3.63, 3.8) is 0 Å². The molecule has 0 unspecified atom stereocenters. The molecule has 1 atom stereocenters. The molecule has 0 bridgehead atoms. The quantitative estimate of drug-likeness (QED) is 0.582. The van der Waals surface area contributed by atoms with E-state index in [2.05, 4.69) is 0 Å². The lowest BCUT2D eigenvalue weighted by Gasteiger charge is -2.12. The van der Waals surface area contributed by atoms with Gasteiger partial charge in [-0.05, 0) is 18.8 Å². The highest BCUT2D eigenvalue weighted by Gasteiger charge is 2.47. The Morgan fingerprint density at radius 2 is 1.78 bits per heavy atom. The zero-order valence-electron chi connectivity index (χ0n) is 4.65. The smallest absolute Gasteiger partial charge is 0.383 e. The van der Waals surface area contributed by atoms with E-state index in [4.69, 9.17) is 5.11 Å². The lowest BCUT2D eigenvalue weighted by molar-refractivity contribution is -0.209. The highest BCUT2D eigenvalue weighted by Crippen LogP contribution is 2.39. The second-order valence-corrected chi connectivity index (χ2v) is 2.32. The Balaban J connectivity index is 2.40. The van der Waals surface area contributed by atoms with Crippen LogP contribution in [0, 0.1) is 5.92 Å². The van der Waals surface area contributed by atoms with E-state index in [0.717, 1.165) is 0 Å². The summed E-state index contributed by atoms with van der Waals surface area (Å²) in [7, 11) is 0. The number of alkyl halides is 3. The number of rotatable bonds is 1. The molecule has 4 heteroatoms. The molecule has 0 spiro atoms. The van der Waals surface area contributed by atoms with Gasteiger partial charge in [-0.3, -0.25) is 0 Å². The summed E-state index contributed by atoms with van der Waals surface area (Å²) >= 11 is 0. The summed E-state index contributed by atoms with van der Waals surface area (Å²) in [5.74, 6) is -0.509. The average molecular weight is 140 g/mol. The van der Waals surface area contributed by atoms with E-state index >= 15 is 0 Å². The first-order valence-corrected chi connectivity index (χ1v) is 2.76. The number of hydrogen-bond donors (Lipinski definition) is 1. The van der Waals surface area contributed by atoms with Gasteiger partial charge in [0.25, 0.3) is 0 Å². The molecule has 1 N–H and O–H groups in total. The number of aliphatic hydroxyl groups is 1. The summed E-state index contributed by atoms with van der Waals surface area (Å²) < 4.78 is 34.5. The minimum absolute atomic E-state index is 0.509. The van der Waals surface area contributed by atoms with Gasteiger partial charge >= 0.3 is 6.18 Å². The zero-order chi connectivity index (χ0) is 7.07. The predicted octanol–water partition coefficient (Wildman–Crippen LogP) is 1.32. The molecule has 1 rings (SSSR count). The molecule has 0 aromatic carbocycles. The van der Waals surface area contributed by atoms with Gasteiger partial charge in [-0.25, -0.2) is 0 Å². The van der Waals surface area contributed by atoms with Crippen LogP contribution in [0.5, 0.6) is 0 Å². The van der Waals surface area contributed by atoms with Crippen LogP contribution in [0.3, 0.4) is 0 Å². The lowest BCUT2D eigenvalue weighted by Crippen LogP contribution is -2.30. The van der Waals surface area contributed by atoms with Crippen molar-refractivity contribution in [1.82, 2.24) is 0 Å². The van der Waals surface area contributed by atoms with Gasteiger partial charge in [0.15, 0.2) is 6.10 Å². The molecule has 0 aliphatic heterocycles. The van der Waals surface area contributed by atoms with Crippen LogP contribution in [0.4, 0.5) is 13.2 Å². The Labute approximate surface area is 50.5 Å². The summed E-state index contributed by atoms with van der Waals surface area (Å²) in [6.07, 6.45) is -5.44. The normalized spacial score (nSPS) is 24.0. The van der Waals surface area contributed by atoms with E-state index in [1.165, 1.54) is 0 Å². The first-order valence-electron chi connectivity index (χ1n) is 2.76. The van der Waals surface area contributed by atoms with Crippen LogP contribution in [-0.4, -0.2) is 17.4 Å². The molecule has 1 aliphatic rings. The van der Waals surface area contributed by atoms with Crippen molar-refractivity contribution in [3.8, 4) is 0 Å². The Bertz CT molecular complexity index is 105. The molecule has 1 nitrogen and oxygen atoms in total. The van der Waals surface area contributed by atoms with Crippen LogP contribution in [0.15, 0.2) is 0 Å². The first-order chi connectivity index (χ1) is 4.02. The highest BCUT2D eigenvalue weighted by atomic mass is 19.4. The van der Waals surface area contributed by atoms with E-state index < -0.39 is 18.2 Å². The van der Waals surface area contributed by atoms with Crippen LogP contribution in [-0.2, 0) is 0 Å². The number of hydrogen-bond acceptors (Lipinski definition) is 1. The van der Waals surface area contributed by atoms with Crippen LogP contribution >= 0.6 is 0 Å². The van der Waals surface area contributed by atoms with E-state index in [-0.39, 0.29) is 0 Å². The van der Waals surface area contributed by atoms with Crippen molar-refractivity contribution in [2.24, 2.45) is 5.92 Å². The van der Waals surface area contributed by atoms with E-state index in [9.17, 15) is 13.2 Å². The van der Waals surface area contributed by atoms with Gasteiger partial charge in [-0.1, -0.05) is 0 Å². The van der Waals surface area contributed by atoms with E-state index in [0.29, 0.717) is 12.8 Å². The maximum absolute atomic E-state index is 11.5. The van der Waals surface area contributed by atoms with E-state index in [1.54, 1.807) is 0 Å². The van der Waals surface area contributed by atoms with Crippen LogP contribution in [0.25, 0.3) is 0 Å². The molecule has 0 aromatic rings. The second-order valence-electron chi connectivity index (χ2n) is 2.32.